The van der Waals surface area contributed by atoms with Crippen LogP contribution < -0.4 is 0 Å². The number of benzene rings is 2. The zero-order valence-corrected chi connectivity index (χ0v) is 14.4. The van der Waals surface area contributed by atoms with E-state index in [2.05, 4.69) is 9.97 Å². The maximum Gasteiger partial charge on any atom is 0.433 e. The number of nitrogens with zero attached hydrogens (tertiary/aromatic N) is 4. The van der Waals surface area contributed by atoms with Crippen molar-refractivity contribution < 1.29 is 22.0 Å². The zero-order chi connectivity index (χ0) is 20.8. The third kappa shape index (κ3) is 3.08. The van der Waals surface area contributed by atoms with Crippen LogP contribution in [0.5, 0.6) is 0 Å². The minimum Gasteiger partial charge on any atom is -0.284 e. The summed E-state index contributed by atoms with van der Waals surface area (Å²) < 4.78 is 69.5. The fraction of sp³-hybridized carbons (Fsp3) is 0.0500. The number of aromatic nitrogens is 3. The van der Waals surface area contributed by atoms with Crippen LogP contribution in [0.2, 0.25) is 0 Å². The van der Waals surface area contributed by atoms with Crippen molar-refractivity contribution >= 4 is 5.78 Å². The molecule has 9 heteroatoms. The van der Waals surface area contributed by atoms with E-state index < -0.39 is 29.1 Å². The summed E-state index contributed by atoms with van der Waals surface area (Å²) in [4.78, 5) is 7.24. The van der Waals surface area contributed by atoms with Crippen molar-refractivity contribution in [3.63, 3.8) is 0 Å². The molecule has 0 radical (unpaired) electrons. The van der Waals surface area contributed by atoms with Gasteiger partial charge in [0.05, 0.1) is 29.1 Å². The molecule has 0 saturated heterocycles. The topological polar surface area (TPSA) is 54.0 Å². The van der Waals surface area contributed by atoms with Gasteiger partial charge >= 0.3 is 6.18 Å². The van der Waals surface area contributed by atoms with E-state index in [9.17, 15) is 22.8 Å². The summed E-state index contributed by atoms with van der Waals surface area (Å²) in [5.74, 6) is -2.12. The Bertz CT molecular complexity index is 1280. The van der Waals surface area contributed by atoms with Crippen LogP contribution in [0, 0.1) is 23.0 Å². The molecule has 4 nitrogen and oxygen atoms in total. The Hall–Kier alpha value is -3.80. The molecule has 0 spiro atoms. The molecule has 144 valence electrons. The van der Waals surface area contributed by atoms with E-state index in [0.717, 1.165) is 30.6 Å². The zero-order valence-electron chi connectivity index (χ0n) is 14.4. The van der Waals surface area contributed by atoms with Gasteiger partial charge in [-0.1, -0.05) is 18.2 Å². The molecule has 0 N–H and O–H groups in total. The van der Waals surface area contributed by atoms with Crippen molar-refractivity contribution in [2.75, 3.05) is 0 Å². The number of alkyl halides is 3. The van der Waals surface area contributed by atoms with Crippen molar-refractivity contribution in [3.8, 4) is 28.5 Å². The summed E-state index contributed by atoms with van der Waals surface area (Å²) in [5.41, 5.74) is -1.40. The second-order valence-corrected chi connectivity index (χ2v) is 6.07. The lowest BCUT2D eigenvalue weighted by atomic mass is 9.96. The highest BCUT2D eigenvalue weighted by molar-refractivity contribution is 5.77. The molecule has 0 saturated carbocycles. The minimum atomic E-state index is -4.65. The van der Waals surface area contributed by atoms with Crippen LogP contribution >= 0.6 is 0 Å². The maximum absolute atomic E-state index is 15.3. The van der Waals surface area contributed by atoms with Crippen molar-refractivity contribution in [3.05, 3.63) is 77.8 Å². The maximum atomic E-state index is 15.3. The first kappa shape index (κ1) is 18.6. The Morgan fingerprint density at radius 2 is 1.72 bits per heavy atom. The monoisotopic (exact) mass is 400 g/mol. The molecule has 0 amide bonds. The van der Waals surface area contributed by atoms with Crippen molar-refractivity contribution in [2.24, 2.45) is 0 Å². The molecule has 0 unspecified atom stereocenters. The molecule has 29 heavy (non-hydrogen) atoms. The van der Waals surface area contributed by atoms with Crippen LogP contribution in [0.1, 0.15) is 11.3 Å². The number of nitriles is 1. The number of imidazole rings is 1. The van der Waals surface area contributed by atoms with Crippen LogP contribution in [-0.2, 0) is 6.18 Å². The van der Waals surface area contributed by atoms with Gasteiger partial charge in [0.2, 0.25) is 5.78 Å². The summed E-state index contributed by atoms with van der Waals surface area (Å²) in [6.45, 7) is 0. The molecule has 0 atom stereocenters. The summed E-state index contributed by atoms with van der Waals surface area (Å²) >= 11 is 0. The molecular formula is C20H9F5N4. The predicted octanol–water partition coefficient (Wildman–Crippen LogP) is 5.23. The Labute approximate surface area is 160 Å². The van der Waals surface area contributed by atoms with E-state index in [-0.39, 0.29) is 28.2 Å². The molecule has 4 rings (SSSR count). The van der Waals surface area contributed by atoms with E-state index >= 15 is 4.39 Å². The molecule has 0 aliphatic rings. The summed E-state index contributed by atoms with van der Waals surface area (Å²) in [5, 5.41) is 9.24. The van der Waals surface area contributed by atoms with E-state index in [4.69, 9.17) is 0 Å². The van der Waals surface area contributed by atoms with Gasteiger partial charge in [-0.15, -0.1) is 0 Å². The van der Waals surface area contributed by atoms with Gasteiger partial charge < -0.3 is 0 Å². The van der Waals surface area contributed by atoms with Crippen molar-refractivity contribution in [2.45, 2.75) is 6.18 Å². The van der Waals surface area contributed by atoms with Gasteiger partial charge in [0.1, 0.15) is 17.3 Å². The molecule has 0 aliphatic carbocycles. The SMILES string of the molecule is N#Cc1ccccc1-c1c(F)ccc(-c2cnc3nc(C(F)(F)F)ccn23)c1F. The molecule has 4 aromatic rings. The third-order valence-electron chi connectivity index (χ3n) is 4.35. The van der Waals surface area contributed by atoms with Gasteiger partial charge in [-0.3, -0.25) is 4.40 Å². The summed E-state index contributed by atoms with van der Waals surface area (Å²) in [6.07, 6.45) is -2.43. The average molecular weight is 400 g/mol. The fourth-order valence-electron chi connectivity index (χ4n) is 3.02. The normalized spacial score (nSPS) is 11.6. The molecule has 0 fully saturated rings. The number of halogens is 5. The van der Waals surface area contributed by atoms with Crippen LogP contribution in [0.25, 0.3) is 28.2 Å². The van der Waals surface area contributed by atoms with E-state index in [0.29, 0.717) is 0 Å². The smallest absolute Gasteiger partial charge is 0.284 e. The highest BCUT2D eigenvalue weighted by Gasteiger charge is 2.33. The summed E-state index contributed by atoms with van der Waals surface area (Å²) in [6, 6.07) is 10.8. The van der Waals surface area contributed by atoms with E-state index in [1.165, 1.54) is 16.5 Å². The minimum absolute atomic E-state index is 0.0677. The highest BCUT2D eigenvalue weighted by atomic mass is 19.4. The molecular weight excluding hydrogens is 391 g/mol. The lowest BCUT2D eigenvalue weighted by Gasteiger charge is -2.11. The Morgan fingerprint density at radius 1 is 0.966 bits per heavy atom. The van der Waals surface area contributed by atoms with E-state index in [1.54, 1.807) is 12.1 Å². The molecule has 2 aromatic heterocycles. The van der Waals surface area contributed by atoms with Gasteiger partial charge in [0.15, 0.2) is 0 Å². The van der Waals surface area contributed by atoms with Crippen LogP contribution in [-0.4, -0.2) is 14.4 Å². The second-order valence-electron chi connectivity index (χ2n) is 6.07. The Kier molecular flexibility index (Phi) is 4.27. The number of rotatable bonds is 2. The van der Waals surface area contributed by atoms with Crippen molar-refractivity contribution in [1.82, 2.24) is 14.4 Å². The van der Waals surface area contributed by atoms with Gasteiger partial charge in [0.25, 0.3) is 0 Å². The predicted molar refractivity (Wildman–Crippen MR) is 93.5 cm³/mol. The number of hydrogen-bond donors (Lipinski definition) is 0. The number of hydrogen-bond acceptors (Lipinski definition) is 3. The first-order valence-electron chi connectivity index (χ1n) is 8.20. The highest BCUT2D eigenvalue weighted by Crippen LogP contribution is 2.35. The van der Waals surface area contributed by atoms with Crippen LogP contribution in [0.4, 0.5) is 22.0 Å². The first-order chi connectivity index (χ1) is 13.8. The van der Waals surface area contributed by atoms with E-state index in [1.807, 2.05) is 6.07 Å². The van der Waals surface area contributed by atoms with Gasteiger partial charge in [-0.05, 0) is 24.3 Å². The average Bonchev–Trinajstić information content (AvgIpc) is 3.11. The van der Waals surface area contributed by atoms with Gasteiger partial charge in [0, 0.05) is 17.3 Å². The second kappa shape index (κ2) is 6.67. The summed E-state index contributed by atoms with van der Waals surface area (Å²) in [7, 11) is 0. The standard InChI is InChI=1S/C20H9F5N4/c21-14-6-5-13(18(22)17(14)12-4-2-1-3-11(12)9-26)15-10-27-19-28-16(20(23,24)25)7-8-29(15)19/h1-8,10H. The Balaban J connectivity index is 1.93. The van der Waals surface area contributed by atoms with Crippen LogP contribution in [0.15, 0.2) is 54.9 Å². The first-order valence-corrected chi connectivity index (χ1v) is 8.20. The third-order valence-corrected chi connectivity index (χ3v) is 4.35. The quantitative estimate of drug-likeness (QED) is 0.433. The van der Waals surface area contributed by atoms with Gasteiger partial charge in [-0.2, -0.15) is 18.4 Å². The largest absolute Gasteiger partial charge is 0.433 e. The number of fused-ring (bicyclic) bond motifs is 1. The fourth-order valence-corrected chi connectivity index (χ4v) is 3.02. The molecule has 2 heterocycles. The Morgan fingerprint density at radius 3 is 2.45 bits per heavy atom. The van der Waals surface area contributed by atoms with Crippen molar-refractivity contribution in [1.29, 1.82) is 5.26 Å². The van der Waals surface area contributed by atoms with Gasteiger partial charge in [-0.25, -0.2) is 18.7 Å². The molecule has 0 bridgehead atoms. The van der Waals surface area contributed by atoms with Crippen LogP contribution in [0.3, 0.4) is 0 Å². The lowest BCUT2D eigenvalue weighted by molar-refractivity contribution is -0.141. The molecule has 2 aromatic carbocycles. The lowest BCUT2D eigenvalue weighted by Crippen LogP contribution is -2.09. The molecule has 0 aliphatic heterocycles.